The normalized spacial score (nSPS) is 21.5. The molecule has 2 unspecified atom stereocenters. The smallest absolute Gasteiger partial charge is 0.251 e. The van der Waals surface area contributed by atoms with E-state index in [1.54, 1.807) is 0 Å². The molecule has 0 aliphatic heterocycles. The average molecular weight is 296 g/mol. The van der Waals surface area contributed by atoms with E-state index < -0.39 is 9.84 Å². The highest BCUT2D eigenvalue weighted by Gasteiger charge is 2.37. The first-order chi connectivity index (χ1) is 9.31. The zero-order chi connectivity index (χ0) is 14.9. The molecule has 0 saturated heterocycles. The first-order valence-electron chi connectivity index (χ1n) is 6.72. The first kappa shape index (κ1) is 14.8. The topological polar surface area (TPSA) is 89.3 Å². The summed E-state index contributed by atoms with van der Waals surface area (Å²) in [7, 11) is -3.37. The minimum Gasteiger partial charge on any atom is -0.399 e. The van der Waals surface area contributed by atoms with Gasteiger partial charge in [0.1, 0.15) is 0 Å². The Morgan fingerprint density at radius 3 is 2.70 bits per heavy atom. The van der Waals surface area contributed by atoms with Crippen LogP contribution in [0.15, 0.2) is 23.1 Å². The van der Waals surface area contributed by atoms with E-state index >= 15 is 0 Å². The van der Waals surface area contributed by atoms with Crippen molar-refractivity contribution in [1.29, 1.82) is 0 Å². The third-order valence-electron chi connectivity index (χ3n) is 3.52. The third-order valence-corrected chi connectivity index (χ3v) is 4.61. The molecule has 5 nitrogen and oxygen atoms in total. The maximum Gasteiger partial charge on any atom is 0.251 e. The van der Waals surface area contributed by atoms with Crippen molar-refractivity contribution < 1.29 is 13.2 Å². The Balaban J connectivity index is 2.13. The highest BCUT2D eigenvalue weighted by molar-refractivity contribution is 7.90. The Labute approximate surface area is 119 Å². The number of carbonyl (C=O) groups is 1. The van der Waals surface area contributed by atoms with Gasteiger partial charge >= 0.3 is 0 Å². The van der Waals surface area contributed by atoms with Crippen LogP contribution < -0.4 is 11.1 Å². The molecule has 1 aromatic rings. The number of nitrogens with one attached hydrogen (secondary N) is 1. The largest absolute Gasteiger partial charge is 0.399 e. The number of sulfone groups is 1. The van der Waals surface area contributed by atoms with Crippen LogP contribution in [0.5, 0.6) is 0 Å². The summed E-state index contributed by atoms with van der Waals surface area (Å²) in [5.74, 6) is 0.296. The third kappa shape index (κ3) is 3.50. The molecule has 3 N–H and O–H groups in total. The molecule has 0 bridgehead atoms. The average Bonchev–Trinajstić information content (AvgIpc) is 3.05. The van der Waals surface area contributed by atoms with Gasteiger partial charge in [-0.1, -0.05) is 13.3 Å². The Kier molecular flexibility index (Phi) is 4.04. The predicted molar refractivity (Wildman–Crippen MR) is 78.2 cm³/mol. The summed E-state index contributed by atoms with van der Waals surface area (Å²) in [4.78, 5) is 12.2. The van der Waals surface area contributed by atoms with Gasteiger partial charge in [-0.2, -0.15) is 0 Å². The van der Waals surface area contributed by atoms with Crippen LogP contribution in [0.1, 0.15) is 36.5 Å². The second-order valence-corrected chi connectivity index (χ2v) is 7.44. The SMILES string of the molecule is CCCC1CC1NC(=O)c1cc(N)cc(S(C)(=O)=O)c1. The standard InChI is InChI=1S/C14H20N2O3S/c1-3-4-9-7-13(9)16-14(17)10-5-11(15)8-12(6-10)20(2,18)19/h5-6,8-9,13H,3-4,7,15H2,1-2H3,(H,16,17). The summed E-state index contributed by atoms with van der Waals surface area (Å²) >= 11 is 0. The van der Waals surface area contributed by atoms with Gasteiger partial charge < -0.3 is 11.1 Å². The van der Waals surface area contributed by atoms with Crippen molar-refractivity contribution in [3.8, 4) is 0 Å². The van der Waals surface area contributed by atoms with E-state index in [0.717, 1.165) is 25.5 Å². The molecule has 1 fully saturated rings. The molecule has 0 spiro atoms. The van der Waals surface area contributed by atoms with Crippen molar-refractivity contribution >= 4 is 21.4 Å². The van der Waals surface area contributed by atoms with Gasteiger partial charge in [0, 0.05) is 23.5 Å². The summed E-state index contributed by atoms with van der Waals surface area (Å²) in [6, 6.07) is 4.45. The minimum absolute atomic E-state index is 0.0727. The minimum atomic E-state index is -3.37. The monoisotopic (exact) mass is 296 g/mol. The Hall–Kier alpha value is -1.56. The number of hydrogen-bond acceptors (Lipinski definition) is 4. The van der Waals surface area contributed by atoms with Crippen LogP contribution in [-0.4, -0.2) is 26.6 Å². The van der Waals surface area contributed by atoms with E-state index in [4.69, 9.17) is 5.73 Å². The van der Waals surface area contributed by atoms with E-state index in [9.17, 15) is 13.2 Å². The lowest BCUT2D eigenvalue weighted by Crippen LogP contribution is -2.27. The van der Waals surface area contributed by atoms with Crippen LogP contribution in [0.3, 0.4) is 0 Å². The van der Waals surface area contributed by atoms with Crippen molar-refractivity contribution in [3.63, 3.8) is 0 Å². The highest BCUT2D eigenvalue weighted by atomic mass is 32.2. The van der Waals surface area contributed by atoms with Gasteiger partial charge in [-0.3, -0.25) is 4.79 Å². The molecule has 2 rings (SSSR count). The van der Waals surface area contributed by atoms with Gasteiger partial charge in [-0.15, -0.1) is 0 Å². The summed E-state index contributed by atoms with van der Waals surface area (Å²) in [5.41, 5.74) is 6.25. The van der Waals surface area contributed by atoms with Crippen molar-refractivity contribution in [2.75, 3.05) is 12.0 Å². The quantitative estimate of drug-likeness (QED) is 0.807. The fourth-order valence-corrected chi connectivity index (χ4v) is 3.02. The van der Waals surface area contributed by atoms with Crippen molar-refractivity contribution in [2.24, 2.45) is 5.92 Å². The van der Waals surface area contributed by atoms with Gasteiger partial charge in [0.25, 0.3) is 5.91 Å². The van der Waals surface area contributed by atoms with Crippen LogP contribution in [0.25, 0.3) is 0 Å². The van der Waals surface area contributed by atoms with Gasteiger partial charge in [0.15, 0.2) is 9.84 Å². The summed E-state index contributed by atoms with van der Waals surface area (Å²) in [5, 5.41) is 2.92. The molecule has 2 atom stereocenters. The molecule has 0 aromatic heterocycles. The number of rotatable bonds is 5. The van der Waals surface area contributed by atoms with E-state index in [0.29, 0.717) is 11.5 Å². The number of nitrogen functional groups attached to an aromatic ring is 1. The lowest BCUT2D eigenvalue weighted by Gasteiger charge is -2.07. The molecule has 0 radical (unpaired) electrons. The summed E-state index contributed by atoms with van der Waals surface area (Å²) < 4.78 is 23.1. The Bertz CT molecular complexity index is 625. The number of nitrogens with two attached hydrogens (primary N) is 1. The van der Waals surface area contributed by atoms with E-state index in [1.807, 2.05) is 0 Å². The van der Waals surface area contributed by atoms with Crippen LogP contribution >= 0.6 is 0 Å². The lowest BCUT2D eigenvalue weighted by molar-refractivity contribution is 0.0948. The van der Waals surface area contributed by atoms with Gasteiger partial charge in [0.05, 0.1) is 4.90 Å². The molecule has 0 heterocycles. The second kappa shape index (κ2) is 5.44. The molecular weight excluding hydrogens is 276 g/mol. The van der Waals surface area contributed by atoms with Gasteiger partial charge in [0.2, 0.25) is 0 Å². The fourth-order valence-electron chi connectivity index (χ4n) is 2.33. The van der Waals surface area contributed by atoms with E-state index in [2.05, 4.69) is 12.2 Å². The van der Waals surface area contributed by atoms with Crippen LogP contribution in [0.2, 0.25) is 0 Å². The highest BCUT2D eigenvalue weighted by Crippen LogP contribution is 2.34. The molecule has 20 heavy (non-hydrogen) atoms. The molecule has 1 aliphatic carbocycles. The first-order valence-corrected chi connectivity index (χ1v) is 8.62. The zero-order valence-corrected chi connectivity index (χ0v) is 12.5. The lowest BCUT2D eigenvalue weighted by atomic mass is 10.2. The molecule has 1 saturated carbocycles. The maximum atomic E-state index is 12.1. The fraction of sp³-hybridized carbons (Fsp3) is 0.500. The van der Waals surface area contributed by atoms with Crippen LogP contribution in [0.4, 0.5) is 5.69 Å². The van der Waals surface area contributed by atoms with Crippen molar-refractivity contribution in [1.82, 2.24) is 5.32 Å². The van der Waals surface area contributed by atoms with Crippen molar-refractivity contribution in [3.05, 3.63) is 23.8 Å². The molecule has 1 aromatic carbocycles. The summed E-state index contributed by atoms with van der Waals surface area (Å²) in [6.45, 7) is 2.12. The number of amides is 1. The zero-order valence-electron chi connectivity index (χ0n) is 11.7. The molecule has 1 aliphatic rings. The van der Waals surface area contributed by atoms with Gasteiger partial charge in [-0.05, 0) is 37.0 Å². The van der Waals surface area contributed by atoms with Crippen LogP contribution in [-0.2, 0) is 9.84 Å². The molecule has 110 valence electrons. The van der Waals surface area contributed by atoms with Crippen molar-refractivity contribution in [2.45, 2.75) is 37.1 Å². The number of benzene rings is 1. The van der Waals surface area contributed by atoms with Gasteiger partial charge in [-0.25, -0.2) is 8.42 Å². The molecule has 1 amide bonds. The van der Waals surface area contributed by atoms with E-state index in [-0.39, 0.29) is 22.5 Å². The predicted octanol–water partition coefficient (Wildman–Crippen LogP) is 1.59. The maximum absolute atomic E-state index is 12.1. The number of hydrogen-bond donors (Lipinski definition) is 2. The van der Waals surface area contributed by atoms with E-state index in [1.165, 1.54) is 18.2 Å². The summed E-state index contributed by atoms with van der Waals surface area (Å²) in [6.07, 6.45) is 4.31. The van der Waals surface area contributed by atoms with Crippen LogP contribution in [0, 0.1) is 5.92 Å². The molecule has 6 heteroatoms. The Morgan fingerprint density at radius 1 is 1.40 bits per heavy atom. The number of anilines is 1. The number of carbonyl (C=O) groups excluding carboxylic acids is 1. The Morgan fingerprint density at radius 2 is 2.10 bits per heavy atom. The molecular formula is C14H20N2O3S. The second-order valence-electron chi connectivity index (χ2n) is 5.43.